The molecule has 0 aromatic rings. The quantitative estimate of drug-likeness (QED) is 0.315. The lowest BCUT2D eigenvalue weighted by Crippen LogP contribution is -2.03. The Balaban J connectivity index is 1.46. The summed E-state index contributed by atoms with van der Waals surface area (Å²) < 4.78 is 4.91. The van der Waals surface area contributed by atoms with E-state index in [0.29, 0.717) is 18.8 Å². The summed E-state index contributed by atoms with van der Waals surface area (Å²) in [6, 6.07) is 0. The van der Waals surface area contributed by atoms with E-state index in [2.05, 4.69) is 0 Å². The standard InChI is InChI=1S/C6H10O3/c1-2-5(1)9-8-4-6-3-7-6/h5-6H,1-4H2. The van der Waals surface area contributed by atoms with Crippen LogP contribution in [0.4, 0.5) is 0 Å². The second-order valence-corrected chi connectivity index (χ2v) is 2.54. The van der Waals surface area contributed by atoms with Gasteiger partial charge in [0.15, 0.2) is 0 Å². The first kappa shape index (κ1) is 5.65. The second-order valence-electron chi connectivity index (χ2n) is 2.54. The summed E-state index contributed by atoms with van der Waals surface area (Å²) in [6.45, 7) is 1.45. The van der Waals surface area contributed by atoms with Crippen LogP contribution in [-0.2, 0) is 14.5 Å². The molecular formula is C6H10O3. The number of hydrogen-bond donors (Lipinski definition) is 0. The molecule has 52 valence electrons. The molecule has 1 unspecified atom stereocenters. The normalized spacial score (nSPS) is 32.7. The number of ether oxygens (including phenoxy) is 1. The van der Waals surface area contributed by atoms with E-state index in [9.17, 15) is 0 Å². The van der Waals surface area contributed by atoms with Crippen molar-refractivity contribution < 1.29 is 14.5 Å². The molecular weight excluding hydrogens is 120 g/mol. The fourth-order valence-corrected chi connectivity index (χ4v) is 0.540. The van der Waals surface area contributed by atoms with Gasteiger partial charge in [0, 0.05) is 0 Å². The molecule has 0 bridgehead atoms. The van der Waals surface area contributed by atoms with Crippen LogP contribution < -0.4 is 0 Å². The van der Waals surface area contributed by atoms with Gasteiger partial charge in [0.2, 0.25) is 0 Å². The molecule has 9 heavy (non-hydrogen) atoms. The molecule has 0 amide bonds. The second kappa shape index (κ2) is 2.25. The monoisotopic (exact) mass is 130 g/mol. The van der Waals surface area contributed by atoms with Gasteiger partial charge in [0.05, 0.1) is 12.7 Å². The highest BCUT2D eigenvalue weighted by atomic mass is 17.2. The fourth-order valence-electron chi connectivity index (χ4n) is 0.540. The van der Waals surface area contributed by atoms with Crippen LogP contribution in [-0.4, -0.2) is 25.4 Å². The predicted octanol–water partition coefficient (Wildman–Crippen LogP) is 0.496. The van der Waals surface area contributed by atoms with Gasteiger partial charge in [0.25, 0.3) is 0 Å². The van der Waals surface area contributed by atoms with E-state index in [4.69, 9.17) is 14.5 Å². The van der Waals surface area contributed by atoms with Gasteiger partial charge >= 0.3 is 0 Å². The molecule has 0 radical (unpaired) electrons. The third-order valence-electron chi connectivity index (χ3n) is 1.38. The molecule has 0 aromatic heterocycles. The third-order valence-corrected chi connectivity index (χ3v) is 1.38. The number of rotatable bonds is 4. The van der Waals surface area contributed by atoms with Gasteiger partial charge in [-0.3, -0.25) is 0 Å². The lowest BCUT2D eigenvalue weighted by molar-refractivity contribution is -0.304. The van der Waals surface area contributed by atoms with E-state index in [1.54, 1.807) is 0 Å². The Morgan fingerprint density at radius 1 is 1.44 bits per heavy atom. The summed E-state index contributed by atoms with van der Waals surface area (Å²) in [7, 11) is 0. The minimum Gasteiger partial charge on any atom is -0.370 e. The van der Waals surface area contributed by atoms with Crippen LogP contribution in [0.5, 0.6) is 0 Å². The highest BCUT2D eigenvalue weighted by molar-refractivity contribution is 4.71. The van der Waals surface area contributed by atoms with E-state index in [-0.39, 0.29) is 0 Å². The van der Waals surface area contributed by atoms with E-state index < -0.39 is 0 Å². The SMILES string of the molecule is C(OOC1CC1)C1CO1. The highest BCUT2D eigenvalue weighted by Crippen LogP contribution is 2.24. The average Bonchev–Trinajstić information content (AvgIpc) is 2.57. The van der Waals surface area contributed by atoms with Crippen molar-refractivity contribution in [3.63, 3.8) is 0 Å². The average molecular weight is 130 g/mol. The molecule has 2 aliphatic rings. The molecule has 1 aliphatic carbocycles. The van der Waals surface area contributed by atoms with Crippen molar-refractivity contribution in [2.24, 2.45) is 0 Å². The molecule has 1 aliphatic heterocycles. The largest absolute Gasteiger partial charge is 0.370 e. The van der Waals surface area contributed by atoms with Crippen molar-refractivity contribution in [3.8, 4) is 0 Å². The van der Waals surface area contributed by atoms with Crippen molar-refractivity contribution in [3.05, 3.63) is 0 Å². The Morgan fingerprint density at radius 3 is 2.78 bits per heavy atom. The van der Waals surface area contributed by atoms with Gasteiger partial charge in [-0.2, -0.15) is 0 Å². The lowest BCUT2D eigenvalue weighted by Gasteiger charge is -1.97. The summed E-state index contributed by atoms with van der Waals surface area (Å²) >= 11 is 0. The molecule has 1 heterocycles. The summed E-state index contributed by atoms with van der Waals surface area (Å²) in [5.74, 6) is 0. The van der Waals surface area contributed by atoms with Gasteiger partial charge in [-0.05, 0) is 12.8 Å². The van der Waals surface area contributed by atoms with Crippen LogP contribution in [0.3, 0.4) is 0 Å². The third kappa shape index (κ3) is 1.93. The molecule has 3 heteroatoms. The summed E-state index contributed by atoms with van der Waals surface area (Å²) in [4.78, 5) is 9.78. The Morgan fingerprint density at radius 2 is 2.22 bits per heavy atom. The maximum absolute atomic E-state index is 4.92. The number of hydrogen-bond acceptors (Lipinski definition) is 3. The van der Waals surface area contributed by atoms with Gasteiger partial charge in [-0.25, -0.2) is 9.78 Å². The zero-order valence-electron chi connectivity index (χ0n) is 5.21. The molecule has 0 spiro atoms. The molecule has 0 aromatic carbocycles. The maximum atomic E-state index is 4.92. The van der Waals surface area contributed by atoms with Crippen molar-refractivity contribution in [1.29, 1.82) is 0 Å². The van der Waals surface area contributed by atoms with Crippen molar-refractivity contribution in [1.82, 2.24) is 0 Å². The zero-order valence-corrected chi connectivity index (χ0v) is 5.21. The first-order valence-electron chi connectivity index (χ1n) is 3.35. The smallest absolute Gasteiger partial charge is 0.111 e. The van der Waals surface area contributed by atoms with Gasteiger partial charge < -0.3 is 4.74 Å². The van der Waals surface area contributed by atoms with Crippen molar-refractivity contribution in [2.45, 2.75) is 25.0 Å². The molecule has 0 N–H and O–H groups in total. The minimum atomic E-state index is 0.323. The van der Waals surface area contributed by atoms with Crippen LogP contribution >= 0.6 is 0 Å². The minimum absolute atomic E-state index is 0.323. The van der Waals surface area contributed by atoms with Crippen LogP contribution in [0.25, 0.3) is 0 Å². The van der Waals surface area contributed by atoms with Crippen LogP contribution in [0.15, 0.2) is 0 Å². The summed E-state index contributed by atoms with van der Waals surface area (Å²) in [5, 5.41) is 0. The first-order valence-corrected chi connectivity index (χ1v) is 3.35. The molecule has 2 rings (SSSR count). The van der Waals surface area contributed by atoms with E-state index in [1.165, 1.54) is 0 Å². The summed E-state index contributed by atoms with van der Waals surface area (Å²) in [6.07, 6.45) is 3.03. The van der Waals surface area contributed by atoms with Gasteiger partial charge in [-0.15, -0.1) is 0 Å². The van der Waals surface area contributed by atoms with Crippen molar-refractivity contribution in [2.75, 3.05) is 13.2 Å². The Labute approximate surface area is 53.8 Å². The van der Waals surface area contributed by atoms with E-state index >= 15 is 0 Å². The predicted molar refractivity (Wildman–Crippen MR) is 29.8 cm³/mol. The van der Waals surface area contributed by atoms with Gasteiger partial charge in [-0.1, -0.05) is 0 Å². The van der Waals surface area contributed by atoms with E-state index in [1.807, 2.05) is 0 Å². The van der Waals surface area contributed by atoms with Crippen LogP contribution in [0, 0.1) is 0 Å². The van der Waals surface area contributed by atoms with Crippen LogP contribution in [0.1, 0.15) is 12.8 Å². The van der Waals surface area contributed by atoms with Crippen molar-refractivity contribution >= 4 is 0 Å². The maximum Gasteiger partial charge on any atom is 0.111 e. The Kier molecular flexibility index (Phi) is 1.41. The Hall–Kier alpha value is -0.120. The molecule has 1 saturated carbocycles. The van der Waals surface area contributed by atoms with E-state index in [0.717, 1.165) is 19.4 Å². The first-order chi connectivity index (χ1) is 4.45. The lowest BCUT2D eigenvalue weighted by atomic mass is 10.5. The molecule has 3 nitrogen and oxygen atoms in total. The number of epoxide rings is 1. The molecule has 2 fully saturated rings. The highest BCUT2D eigenvalue weighted by Gasteiger charge is 2.27. The molecule has 1 saturated heterocycles. The summed E-state index contributed by atoms with van der Waals surface area (Å²) in [5.41, 5.74) is 0. The fraction of sp³-hybridized carbons (Fsp3) is 1.00. The topological polar surface area (TPSA) is 31.0 Å². The zero-order chi connectivity index (χ0) is 6.10. The van der Waals surface area contributed by atoms with Gasteiger partial charge in [0.1, 0.15) is 12.7 Å². The molecule has 1 atom stereocenters. The van der Waals surface area contributed by atoms with Crippen LogP contribution in [0.2, 0.25) is 0 Å². The Bertz CT molecular complexity index is 84.5.